The van der Waals surface area contributed by atoms with Gasteiger partial charge in [0.2, 0.25) is 11.8 Å². The Hall–Kier alpha value is -1.10. The average Bonchev–Trinajstić information content (AvgIpc) is 2.00. The Morgan fingerprint density at radius 1 is 1.27 bits per heavy atom. The topological polar surface area (TPSA) is 98.2 Å². The van der Waals surface area contributed by atoms with Crippen LogP contribution in [0.25, 0.3) is 0 Å². The standard InChI is InChI=1S/C6H13N3O2/c1-3(5(7)10)4(2)6(11)9-8/h3-4H,8H2,1-2H3,(H2,7,10)(H,9,11). The van der Waals surface area contributed by atoms with Crippen molar-refractivity contribution in [3.63, 3.8) is 0 Å². The van der Waals surface area contributed by atoms with Crippen LogP contribution in [0.2, 0.25) is 0 Å². The van der Waals surface area contributed by atoms with Gasteiger partial charge in [-0.25, -0.2) is 5.84 Å². The molecule has 0 aromatic rings. The van der Waals surface area contributed by atoms with Gasteiger partial charge in [-0.1, -0.05) is 13.8 Å². The second-order valence-electron chi connectivity index (χ2n) is 2.49. The van der Waals surface area contributed by atoms with Gasteiger partial charge < -0.3 is 5.73 Å². The molecule has 0 aromatic carbocycles. The molecule has 2 atom stereocenters. The number of carbonyl (C=O) groups excluding carboxylic acids is 2. The second kappa shape index (κ2) is 3.92. The molecule has 5 heteroatoms. The molecule has 0 heterocycles. The smallest absolute Gasteiger partial charge is 0.237 e. The zero-order valence-electron chi connectivity index (χ0n) is 6.63. The van der Waals surface area contributed by atoms with Gasteiger partial charge in [0.1, 0.15) is 0 Å². The molecule has 0 saturated heterocycles. The van der Waals surface area contributed by atoms with Crippen LogP contribution in [0, 0.1) is 11.8 Å². The molecule has 0 aliphatic rings. The highest BCUT2D eigenvalue weighted by molar-refractivity contribution is 5.85. The lowest BCUT2D eigenvalue weighted by Crippen LogP contribution is -2.40. The monoisotopic (exact) mass is 159 g/mol. The minimum Gasteiger partial charge on any atom is -0.369 e. The summed E-state index contributed by atoms with van der Waals surface area (Å²) in [5.41, 5.74) is 6.92. The van der Waals surface area contributed by atoms with E-state index in [1.54, 1.807) is 13.8 Å². The SMILES string of the molecule is CC(C(N)=O)C(C)C(=O)NN. The Kier molecular flexibility index (Phi) is 3.53. The van der Waals surface area contributed by atoms with Crippen LogP contribution in [0.15, 0.2) is 0 Å². The Morgan fingerprint density at radius 2 is 1.73 bits per heavy atom. The number of rotatable bonds is 3. The molecule has 5 nitrogen and oxygen atoms in total. The normalized spacial score (nSPS) is 15.2. The lowest BCUT2D eigenvalue weighted by Gasteiger charge is -2.13. The number of nitrogens with two attached hydrogens (primary N) is 2. The minimum absolute atomic E-state index is 0.378. The average molecular weight is 159 g/mol. The fourth-order valence-electron chi connectivity index (χ4n) is 0.605. The largest absolute Gasteiger partial charge is 0.369 e. The lowest BCUT2D eigenvalue weighted by molar-refractivity contribution is -0.132. The molecule has 0 bridgehead atoms. The number of hydrazine groups is 1. The van der Waals surface area contributed by atoms with Crippen molar-refractivity contribution in [2.45, 2.75) is 13.8 Å². The first kappa shape index (κ1) is 9.90. The molecule has 0 radical (unpaired) electrons. The fraction of sp³-hybridized carbons (Fsp3) is 0.667. The van der Waals surface area contributed by atoms with Crippen molar-refractivity contribution < 1.29 is 9.59 Å². The van der Waals surface area contributed by atoms with E-state index >= 15 is 0 Å². The molecular formula is C6H13N3O2. The summed E-state index contributed by atoms with van der Waals surface area (Å²) in [6.07, 6.45) is 0. The molecule has 11 heavy (non-hydrogen) atoms. The van der Waals surface area contributed by atoms with E-state index in [2.05, 4.69) is 0 Å². The molecule has 2 unspecified atom stereocenters. The van der Waals surface area contributed by atoms with E-state index in [0.717, 1.165) is 0 Å². The maximum atomic E-state index is 10.8. The predicted octanol–water partition coefficient (Wildman–Crippen LogP) is -1.27. The first-order valence-corrected chi connectivity index (χ1v) is 3.30. The minimum atomic E-state index is -0.499. The highest BCUT2D eigenvalue weighted by Crippen LogP contribution is 2.09. The van der Waals surface area contributed by atoms with Gasteiger partial charge in [0.25, 0.3) is 0 Å². The van der Waals surface area contributed by atoms with E-state index < -0.39 is 17.7 Å². The van der Waals surface area contributed by atoms with Crippen LogP contribution in [0.4, 0.5) is 0 Å². The van der Waals surface area contributed by atoms with Crippen molar-refractivity contribution in [2.75, 3.05) is 0 Å². The van der Waals surface area contributed by atoms with Gasteiger partial charge in [0.05, 0.1) is 0 Å². The molecule has 5 N–H and O–H groups in total. The van der Waals surface area contributed by atoms with Gasteiger partial charge in [-0.15, -0.1) is 0 Å². The fourth-order valence-corrected chi connectivity index (χ4v) is 0.605. The Morgan fingerprint density at radius 3 is 2.00 bits per heavy atom. The molecular weight excluding hydrogens is 146 g/mol. The summed E-state index contributed by atoms with van der Waals surface area (Å²) in [5, 5.41) is 0. The van der Waals surface area contributed by atoms with Gasteiger partial charge in [-0.05, 0) is 0 Å². The first-order valence-electron chi connectivity index (χ1n) is 3.30. The summed E-state index contributed by atoms with van der Waals surface area (Å²) < 4.78 is 0. The molecule has 0 spiro atoms. The number of hydrogen-bond donors (Lipinski definition) is 3. The van der Waals surface area contributed by atoms with Gasteiger partial charge in [-0.2, -0.15) is 0 Å². The first-order chi connectivity index (χ1) is 5.00. The number of carbonyl (C=O) groups is 2. The second-order valence-corrected chi connectivity index (χ2v) is 2.49. The van der Waals surface area contributed by atoms with Crippen LogP contribution in [0.3, 0.4) is 0 Å². The van der Waals surface area contributed by atoms with Crippen LogP contribution in [0.1, 0.15) is 13.8 Å². The van der Waals surface area contributed by atoms with E-state index in [-0.39, 0.29) is 5.91 Å². The van der Waals surface area contributed by atoms with E-state index in [1.807, 2.05) is 5.43 Å². The lowest BCUT2D eigenvalue weighted by atomic mass is 9.95. The summed E-state index contributed by atoms with van der Waals surface area (Å²) >= 11 is 0. The maximum Gasteiger partial charge on any atom is 0.237 e. The summed E-state index contributed by atoms with van der Waals surface area (Å²) in [6, 6.07) is 0. The van der Waals surface area contributed by atoms with Crippen molar-refractivity contribution in [1.82, 2.24) is 5.43 Å². The Balaban J connectivity index is 4.12. The number of amides is 2. The van der Waals surface area contributed by atoms with Gasteiger partial charge >= 0.3 is 0 Å². The van der Waals surface area contributed by atoms with E-state index in [0.29, 0.717) is 0 Å². The summed E-state index contributed by atoms with van der Waals surface area (Å²) in [6.45, 7) is 3.18. The van der Waals surface area contributed by atoms with Gasteiger partial charge in [0, 0.05) is 11.8 Å². The van der Waals surface area contributed by atoms with E-state index in [1.165, 1.54) is 0 Å². The van der Waals surface area contributed by atoms with Crippen LogP contribution in [-0.2, 0) is 9.59 Å². The van der Waals surface area contributed by atoms with Crippen molar-refractivity contribution in [3.05, 3.63) is 0 Å². The maximum absolute atomic E-state index is 10.8. The predicted molar refractivity (Wildman–Crippen MR) is 39.9 cm³/mol. The van der Waals surface area contributed by atoms with Gasteiger partial charge in [-0.3, -0.25) is 15.0 Å². The quantitative estimate of drug-likeness (QED) is 0.272. The van der Waals surface area contributed by atoms with Crippen molar-refractivity contribution >= 4 is 11.8 Å². The van der Waals surface area contributed by atoms with Crippen LogP contribution < -0.4 is 17.0 Å². The zero-order chi connectivity index (χ0) is 9.02. The third-order valence-corrected chi connectivity index (χ3v) is 1.75. The summed E-state index contributed by atoms with van der Waals surface area (Å²) in [4.78, 5) is 21.4. The third kappa shape index (κ3) is 2.55. The molecule has 64 valence electrons. The highest BCUT2D eigenvalue weighted by Gasteiger charge is 2.23. The number of primary amides is 1. The number of nitrogens with one attached hydrogen (secondary N) is 1. The summed E-state index contributed by atoms with van der Waals surface area (Å²) in [7, 11) is 0. The molecule has 2 amide bonds. The van der Waals surface area contributed by atoms with Crippen molar-refractivity contribution in [1.29, 1.82) is 0 Å². The Labute approximate surface area is 65.1 Å². The van der Waals surface area contributed by atoms with Crippen molar-refractivity contribution in [2.24, 2.45) is 23.4 Å². The number of hydrogen-bond acceptors (Lipinski definition) is 3. The summed E-state index contributed by atoms with van der Waals surface area (Å²) in [5.74, 6) is 3.02. The molecule has 0 rings (SSSR count). The Bertz CT molecular complexity index is 169. The van der Waals surface area contributed by atoms with E-state index in [4.69, 9.17) is 11.6 Å². The highest BCUT2D eigenvalue weighted by atomic mass is 16.2. The van der Waals surface area contributed by atoms with E-state index in [9.17, 15) is 9.59 Å². The zero-order valence-corrected chi connectivity index (χ0v) is 6.63. The molecule has 0 saturated carbocycles. The van der Waals surface area contributed by atoms with Crippen LogP contribution in [-0.4, -0.2) is 11.8 Å². The molecule has 0 aliphatic heterocycles. The van der Waals surface area contributed by atoms with Crippen molar-refractivity contribution in [3.8, 4) is 0 Å². The molecule has 0 aromatic heterocycles. The van der Waals surface area contributed by atoms with Crippen LogP contribution in [0.5, 0.6) is 0 Å². The molecule has 0 fully saturated rings. The van der Waals surface area contributed by atoms with Gasteiger partial charge in [0.15, 0.2) is 0 Å². The third-order valence-electron chi connectivity index (χ3n) is 1.75. The van der Waals surface area contributed by atoms with Crippen LogP contribution >= 0.6 is 0 Å². The molecule has 0 aliphatic carbocycles.